The van der Waals surface area contributed by atoms with E-state index in [-0.39, 0.29) is 23.9 Å². The van der Waals surface area contributed by atoms with E-state index in [9.17, 15) is 9.18 Å². The molecular weight excluding hydrogens is 323 g/mol. The van der Waals surface area contributed by atoms with Gasteiger partial charge < -0.3 is 14.5 Å². The van der Waals surface area contributed by atoms with Crippen molar-refractivity contribution < 1.29 is 13.9 Å². The number of fused-ring (bicyclic) bond motifs is 1. The molecule has 1 aromatic heterocycles. The van der Waals surface area contributed by atoms with Gasteiger partial charge in [0, 0.05) is 25.0 Å². The van der Waals surface area contributed by atoms with Crippen molar-refractivity contribution in [1.82, 2.24) is 9.97 Å². The molecule has 4 rings (SSSR count). The molecule has 2 aromatic rings. The van der Waals surface area contributed by atoms with E-state index in [4.69, 9.17) is 4.74 Å². The number of aromatic nitrogens is 2. The van der Waals surface area contributed by atoms with Crippen LogP contribution in [0.2, 0.25) is 0 Å². The van der Waals surface area contributed by atoms with Crippen LogP contribution in [0.1, 0.15) is 29.9 Å². The van der Waals surface area contributed by atoms with Gasteiger partial charge in [-0.25, -0.2) is 14.4 Å². The maximum absolute atomic E-state index is 13.5. The highest BCUT2D eigenvalue weighted by atomic mass is 19.1. The Morgan fingerprint density at radius 3 is 2.72 bits per heavy atom. The summed E-state index contributed by atoms with van der Waals surface area (Å²) in [6, 6.07) is 6.01. The van der Waals surface area contributed by atoms with Crippen molar-refractivity contribution in [3.05, 3.63) is 47.5 Å². The van der Waals surface area contributed by atoms with Gasteiger partial charge in [-0.1, -0.05) is 6.07 Å². The lowest BCUT2D eigenvalue weighted by atomic mass is 10.2. The van der Waals surface area contributed by atoms with E-state index in [1.165, 1.54) is 17.0 Å². The smallest absolute Gasteiger partial charge is 0.262 e. The standard InChI is InChI=1S/C18H19FN4O2/c1-11-8-22(9-12(2)25-11)18-20-7-15-16(21-18)10-23(17(15)24)14-5-3-4-13(19)6-14/h3-7,11-12H,8-10H2,1-2H3/t11-,12-/m1/s1. The molecule has 130 valence electrons. The number of hydrogen-bond donors (Lipinski definition) is 0. The maximum atomic E-state index is 13.5. The van der Waals surface area contributed by atoms with E-state index in [0.717, 1.165) is 0 Å². The first-order valence-corrected chi connectivity index (χ1v) is 8.35. The number of benzene rings is 1. The predicted molar refractivity (Wildman–Crippen MR) is 91.2 cm³/mol. The summed E-state index contributed by atoms with van der Waals surface area (Å²) < 4.78 is 19.2. The zero-order valence-corrected chi connectivity index (χ0v) is 14.1. The van der Waals surface area contributed by atoms with Gasteiger partial charge in [-0.3, -0.25) is 4.79 Å². The van der Waals surface area contributed by atoms with Gasteiger partial charge in [0.15, 0.2) is 0 Å². The number of hydrogen-bond acceptors (Lipinski definition) is 5. The molecule has 0 N–H and O–H groups in total. The van der Waals surface area contributed by atoms with Crippen molar-refractivity contribution in [2.45, 2.75) is 32.6 Å². The minimum absolute atomic E-state index is 0.103. The Bertz CT molecular complexity index is 818. The fourth-order valence-corrected chi connectivity index (χ4v) is 3.42. The van der Waals surface area contributed by atoms with Crippen LogP contribution in [-0.2, 0) is 11.3 Å². The number of carbonyl (C=O) groups is 1. The van der Waals surface area contributed by atoms with Crippen LogP contribution in [0.3, 0.4) is 0 Å². The number of anilines is 2. The van der Waals surface area contributed by atoms with Gasteiger partial charge >= 0.3 is 0 Å². The third kappa shape index (κ3) is 2.95. The van der Waals surface area contributed by atoms with Crippen molar-refractivity contribution in [2.24, 2.45) is 0 Å². The summed E-state index contributed by atoms with van der Waals surface area (Å²) in [5.41, 5.74) is 1.67. The van der Waals surface area contributed by atoms with Crippen molar-refractivity contribution in [3.63, 3.8) is 0 Å². The zero-order valence-electron chi connectivity index (χ0n) is 14.1. The Kier molecular flexibility index (Phi) is 3.88. The SMILES string of the molecule is C[C@@H]1CN(c2ncc3c(n2)CN(c2cccc(F)c2)C3=O)C[C@@H](C)O1. The summed E-state index contributed by atoms with van der Waals surface area (Å²) in [5, 5.41) is 0. The second-order valence-electron chi connectivity index (χ2n) is 6.56. The predicted octanol–water partition coefficient (Wildman–Crippen LogP) is 2.39. The van der Waals surface area contributed by atoms with Crippen molar-refractivity contribution in [1.29, 1.82) is 0 Å². The van der Waals surface area contributed by atoms with Crippen molar-refractivity contribution >= 4 is 17.5 Å². The van der Waals surface area contributed by atoms with Crippen LogP contribution in [0.15, 0.2) is 30.5 Å². The van der Waals surface area contributed by atoms with Crippen LogP contribution in [0.4, 0.5) is 16.0 Å². The minimum atomic E-state index is -0.371. The number of amides is 1. The molecule has 2 aliphatic rings. The third-order valence-electron chi connectivity index (χ3n) is 4.46. The minimum Gasteiger partial charge on any atom is -0.372 e. The average molecular weight is 342 g/mol. The molecule has 0 spiro atoms. The van der Waals surface area contributed by atoms with E-state index in [1.807, 2.05) is 13.8 Å². The molecule has 1 amide bonds. The Balaban J connectivity index is 1.61. The number of ether oxygens (including phenoxy) is 1. The monoisotopic (exact) mass is 342 g/mol. The van der Waals surface area contributed by atoms with E-state index in [2.05, 4.69) is 14.9 Å². The lowest BCUT2D eigenvalue weighted by Crippen LogP contribution is -2.46. The molecule has 2 atom stereocenters. The fraction of sp³-hybridized carbons (Fsp3) is 0.389. The van der Waals surface area contributed by atoms with Crippen molar-refractivity contribution in [3.8, 4) is 0 Å². The van der Waals surface area contributed by atoms with Gasteiger partial charge in [-0.2, -0.15) is 0 Å². The van der Waals surface area contributed by atoms with Crippen LogP contribution in [0.5, 0.6) is 0 Å². The number of halogens is 1. The van der Waals surface area contributed by atoms with Gasteiger partial charge in [0.25, 0.3) is 5.91 Å². The van der Waals surface area contributed by atoms with Crippen LogP contribution >= 0.6 is 0 Å². The van der Waals surface area contributed by atoms with E-state index < -0.39 is 0 Å². The molecule has 6 nitrogen and oxygen atoms in total. The summed E-state index contributed by atoms with van der Waals surface area (Å²) in [6.07, 6.45) is 1.78. The number of morpholine rings is 1. The number of nitrogens with zero attached hydrogens (tertiary/aromatic N) is 4. The quantitative estimate of drug-likeness (QED) is 0.839. The second kappa shape index (κ2) is 6.07. The Labute approximate surface area is 145 Å². The topological polar surface area (TPSA) is 58.6 Å². The van der Waals surface area contributed by atoms with E-state index >= 15 is 0 Å². The van der Waals surface area contributed by atoms with Crippen molar-refractivity contribution in [2.75, 3.05) is 22.9 Å². The first kappa shape index (κ1) is 16.0. The zero-order chi connectivity index (χ0) is 17.6. The van der Waals surface area contributed by atoms with Crippen LogP contribution in [0, 0.1) is 5.82 Å². The summed E-state index contributed by atoms with van der Waals surface area (Å²) in [7, 11) is 0. The first-order chi connectivity index (χ1) is 12.0. The molecule has 0 bridgehead atoms. The summed E-state index contributed by atoms with van der Waals surface area (Å²) in [6.45, 7) is 5.79. The van der Waals surface area contributed by atoms with Gasteiger partial charge in [0.05, 0.1) is 30.0 Å². The Hall–Kier alpha value is -2.54. The highest BCUT2D eigenvalue weighted by Crippen LogP contribution is 2.28. The molecular formula is C18H19FN4O2. The molecule has 1 saturated heterocycles. The van der Waals surface area contributed by atoms with Gasteiger partial charge in [-0.15, -0.1) is 0 Å². The molecule has 1 aromatic carbocycles. The van der Waals surface area contributed by atoms with Gasteiger partial charge in [0.1, 0.15) is 5.82 Å². The highest BCUT2D eigenvalue weighted by molar-refractivity contribution is 6.09. The lowest BCUT2D eigenvalue weighted by molar-refractivity contribution is -0.00573. The molecule has 3 heterocycles. The van der Waals surface area contributed by atoms with E-state index in [0.29, 0.717) is 42.5 Å². The molecule has 2 aliphatic heterocycles. The Morgan fingerprint density at radius 2 is 2.00 bits per heavy atom. The molecule has 25 heavy (non-hydrogen) atoms. The van der Waals surface area contributed by atoms with Gasteiger partial charge in [-0.05, 0) is 32.0 Å². The largest absolute Gasteiger partial charge is 0.372 e. The molecule has 0 aliphatic carbocycles. The lowest BCUT2D eigenvalue weighted by Gasteiger charge is -2.35. The van der Waals surface area contributed by atoms with Gasteiger partial charge in [0.2, 0.25) is 5.95 Å². The number of rotatable bonds is 2. The summed E-state index contributed by atoms with van der Waals surface area (Å²) in [4.78, 5) is 25.2. The Morgan fingerprint density at radius 1 is 1.24 bits per heavy atom. The molecule has 0 radical (unpaired) electrons. The first-order valence-electron chi connectivity index (χ1n) is 8.35. The van der Waals surface area contributed by atoms with Crippen LogP contribution in [0.25, 0.3) is 0 Å². The maximum Gasteiger partial charge on any atom is 0.262 e. The fourth-order valence-electron chi connectivity index (χ4n) is 3.42. The summed E-state index contributed by atoms with van der Waals surface area (Å²) >= 11 is 0. The highest BCUT2D eigenvalue weighted by Gasteiger charge is 2.32. The second-order valence-corrected chi connectivity index (χ2v) is 6.56. The van der Waals surface area contributed by atoms with E-state index in [1.54, 1.807) is 18.3 Å². The molecule has 7 heteroatoms. The number of carbonyl (C=O) groups excluding carboxylic acids is 1. The van der Waals surface area contributed by atoms with Crippen LogP contribution < -0.4 is 9.80 Å². The average Bonchev–Trinajstić information content (AvgIpc) is 2.90. The molecule has 0 unspecified atom stereocenters. The molecule has 0 saturated carbocycles. The van der Waals surface area contributed by atoms with Crippen LogP contribution in [-0.4, -0.2) is 41.2 Å². The normalized spacial score (nSPS) is 23.1. The molecule has 1 fully saturated rings. The summed E-state index contributed by atoms with van der Waals surface area (Å²) in [5.74, 6) is 0.0369. The third-order valence-corrected chi connectivity index (χ3v) is 4.46.